The molecule has 0 bridgehead atoms. The quantitative estimate of drug-likeness (QED) is 0.229. The number of hydrogen-bond donors (Lipinski definition) is 1. The van der Waals surface area contributed by atoms with E-state index >= 15 is 0 Å². The summed E-state index contributed by atoms with van der Waals surface area (Å²) in [6, 6.07) is 26.2. The van der Waals surface area contributed by atoms with Crippen LogP contribution in [0.3, 0.4) is 0 Å². The van der Waals surface area contributed by atoms with E-state index in [-0.39, 0.29) is 39.2 Å². The van der Waals surface area contributed by atoms with Gasteiger partial charge in [0.05, 0.1) is 19.3 Å². The molecule has 0 radical (unpaired) electrons. The van der Waals surface area contributed by atoms with Crippen LogP contribution in [0.15, 0.2) is 102 Å². The zero-order valence-corrected chi connectivity index (χ0v) is 23.1. The fourth-order valence-corrected chi connectivity index (χ4v) is 5.89. The SMILES string of the molecule is COc1ccc(Cl)cc1S(=O)(=O)N(CC(=O)Nc1ccc(Cl)cc1C(=O)c1ccccc1)Cc1ccccc1. The highest BCUT2D eigenvalue weighted by molar-refractivity contribution is 7.89. The highest BCUT2D eigenvalue weighted by atomic mass is 35.5. The van der Waals surface area contributed by atoms with E-state index in [1.54, 1.807) is 60.7 Å². The van der Waals surface area contributed by atoms with Gasteiger partial charge in [0.15, 0.2) is 5.78 Å². The van der Waals surface area contributed by atoms with Gasteiger partial charge in [0.2, 0.25) is 15.9 Å². The number of ether oxygens (including phenoxy) is 1. The summed E-state index contributed by atoms with van der Waals surface area (Å²) in [4.78, 5) is 26.3. The number of sulfonamides is 1. The number of ketones is 1. The van der Waals surface area contributed by atoms with Crippen molar-refractivity contribution in [2.45, 2.75) is 11.4 Å². The van der Waals surface area contributed by atoms with Crippen LogP contribution in [-0.4, -0.2) is 38.1 Å². The number of methoxy groups -OCH3 is 1. The smallest absolute Gasteiger partial charge is 0.247 e. The van der Waals surface area contributed by atoms with E-state index in [0.717, 1.165) is 4.31 Å². The average molecular weight is 583 g/mol. The molecule has 1 N–H and O–H groups in total. The molecule has 4 aromatic carbocycles. The average Bonchev–Trinajstić information content (AvgIpc) is 2.94. The minimum Gasteiger partial charge on any atom is -0.495 e. The lowest BCUT2D eigenvalue weighted by atomic mass is 10.0. The molecule has 200 valence electrons. The number of carbonyl (C=O) groups excluding carboxylic acids is 2. The summed E-state index contributed by atoms with van der Waals surface area (Å²) in [5.41, 5.74) is 1.46. The van der Waals surface area contributed by atoms with E-state index in [1.165, 1.54) is 43.5 Å². The minimum atomic E-state index is -4.25. The molecule has 4 rings (SSSR count). The molecule has 0 heterocycles. The minimum absolute atomic E-state index is 0.0892. The Kier molecular flexibility index (Phi) is 9.04. The third-order valence-corrected chi connectivity index (χ3v) is 8.08. The van der Waals surface area contributed by atoms with Gasteiger partial charge in [-0.25, -0.2) is 8.42 Å². The van der Waals surface area contributed by atoms with Crippen LogP contribution in [0.25, 0.3) is 0 Å². The largest absolute Gasteiger partial charge is 0.495 e. The molecule has 0 aliphatic rings. The summed E-state index contributed by atoms with van der Waals surface area (Å²) in [6.45, 7) is -0.642. The number of benzene rings is 4. The second-order valence-electron chi connectivity index (χ2n) is 8.49. The van der Waals surface area contributed by atoms with Gasteiger partial charge in [0.1, 0.15) is 10.6 Å². The lowest BCUT2D eigenvalue weighted by Gasteiger charge is -2.23. The van der Waals surface area contributed by atoms with Crippen molar-refractivity contribution in [1.29, 1.82) is 0 Å². The van der Waals surface area contributed by atoms with E-state index < -0.39 is 22.5 Å². The highest BCUT2D eigenvalue weighted by Gasteiger charge is 2.30. The molecule has 0 aliphatic heterocycles. The molecule has 4 aromatic rings. The monoisotopic (exact) mass is 582 g/mol. The lowest BCUT2D eigenvalue weighted by molar-refractivity contribution is -0.116. The number of nitrogens with one attached hydrogen (secondary N) is 1. The second-order valence-corrected chi connectivity index (χ2v) is 11.3. The number of rotatable bonds is 10. The molecule has 7 nitrogen and oxygen atoms in total. The fraction of sp³-hybridized carbons (Fsp3) is 0.103. The highest BCUT2D eigenvalue weighted by Crippen LogP contribution is 2.31. The van der Waals surface area contributed by atoms with Gasteiger partial charge in [-0.15, -0.1) is 0 Å². The van der Waals surface area contributed by atoms with Gasteiger partial charge in [-0.3, -0.25) is 9.59 Å². The second kappa shape index (κ2) is 12.4. The van der Waals surface area contributed by atoms with Gasteiger partial charge >= 0.3 is 0 Å². The first-order valence-electron chi connectivity index (χ1n) is 11.8. The molecular formula is C29H24Cl2N2O5S. The third-order valence-electron chi connectivity index (χ3n) is 5.80. The topological polar surface area (TPSA) is 92.8 Å². The Morgan fingerprint density at radius 1 is 0.846 bits per heavy atom. The van der Waals surface area contributed by atoms with Crippen molar-refractivity contribution in [3.63, 3.8) is 0 Å². The first-order valence-corrected chi connectivity index (χ1v) is 14.0. The molecule has 10 heteroatoms. The molecule has 0 aromatic heterocycles. The Bertz CT molecular complexity index is 1600. The molecule has 1 amide bonds. The summed E-state index contributed by atoms with van der Waals surface area (Å²) < 4.78 is 33.9. The van der Waals surface area contributed by atoms with E-state index in [1.807, 2.05) is 0 Å². The molecular weight excluding hydrogens is 559 g/mol. The molecule has 39 heavy (non-hydrogen) atoms. The molecule has 0 aliphatic carbocycles. The Balaban J connectivity index is 1.67. The number of nitrogens with zero attached hydrogens (tertiary/aromatic N) is 1. The van der Waals surface area contributed by atoms with Crippen molar-refractivity contribution in [2.75, 3.05) is 19.0 Å². The van der Waals surface area contributed by atoms with E-state index in [2.05, 4.69) is 5.32 Å². The summed E-state index contributed by atoms with van der Waals surface area (Å²) in [6.07, 6.45) is 0. The van der Waals surface area contributed by atoms with Gasteiger partial charge < -0.3 is 10.1 Å². The maximum atomic E-state index is 13.8. The standard InChI is InChI=1S/C29H24Cl2N2O5S/c1-38-26-15-13-23(31)17-27(26)39(36,37)33(18-20-8-4-2-5-9-20)19-28(34)32-25-14-12-22(30)16-24(25)29(35)21-10-6-3-7-11-21/h2-17H,18-19H2,1H3,(H,32,34). The Hall–Kier alpha value is -3.69. The molecule has 0 saturated heterocycles. The zero-order valence-electron chi connectivity index (χ0n) is 20.8. The number of hydrogen-bond acceptors (Lipinski definition) is 5. The van der Waals surface area contributed by atoms with Crippen LogP contribution in [-0.2, 0) is 21.4 Å². The molecule has 0 unspecified atom stereocenters. The Labute approximate surface area is 237 Å². The number of halogens is 2. The van der Waals surface area contributed by atoms with Crippen molar-refractivity contribution in [1.82, 2.24) is 4.31 Å². The van der Waals surface area contributed by atoms with Crippen molar-refractivity contribution in [3.05, 3.63) is 124 Å². The van der Waals surface area contributed by atoms with Crippen LogP contribution in [0.1, 0.15) is 21.5 Å². The van der Waals surface area contributed by atoms with Crippen LogP contribution in [0.4, 0.5) is 5.69 Å². The summed E-state index contributed by atoms with van der Waals surface area (Å²) >= 11 is 12.3. The van der Waals surface area contributed by atoms with Crippen LogP contribution in [0.5, 0.6) is 5.75 Å². The third kappa shape index (κ3) is 6.85. The zero-order chi connectivity index (χ0) is 28.0. The van der Waals surface area contributed by atoms with Crippen LogP contribution >= 0.6 is 23.2 Å². The van der Waals surface area contributed by atoms with Crippen molar-refractivity contribution < 1.29 is 22.7 Å². The molecule has 0 atom stereocenters. The molecule has 0 fully saturated rings. The predicted octanol–water partition coefficient (Wildman–Crippen LogP) is 6.06. The summed E-state index contributed by atoms with van der Waals surface area (Å²) in [7, 11) is -2.90. The van der Waals surface area contributed by atoms with Gasteiger partial charge in [-0.05, 0) is 42.0 Å². The van der Waals surface area contributed by atoms with Crippen LogP contribution in [0.2, 0.25) is 10.0 Å². The molecule has 0 saturated carbocycles. The van der Waals surface area contributed by atoms with Crippen LogP contribution < -0.4 is 10.1 Å². The summed E-state index contributed by atoms with van der Waals surface area (Å²) in [5, 5.41) is 3.20. The molecule has 0 spiro atoms. The first kappa shape index (κ1) is 28.3. The van der Waals surface area contributed by atoms with Gasteiger partial charge in [0, 0.05) is 27.7 Å². The Morgan fingerprint density at radius 2 is 1.46 bits per heavy atom. The van der Waals surface area contributed by atoms with Crippen molar-refractivity contribution in [3.8, 4) is 5.75 Å². The number of carbonyl (C=O) groups is 2. The lowest BCUT2D eigenvalue weighted by Crippen LogP contribution is -2.38. The van der Waals surface area contributed by atoms with Crippen molar-refractivity contribution >= 4 is 50.6 Å². The normalized spacial score (nSPS) is 11.3. The Morgan fingerprint density at radius 3 is 2.13 bits per heavy atom. The fourth-order valence-electron chi connectivity index (χ4n) is 3.91. The first-order chi connectivity index (χ1) is 18.7. The van der Waals surface area contributed by atoms with Crippen molar-refractivity contribution in [2.24, 2.45) is 0 Å². The summed E-state index contributed by atoms with van der Waals surface area (Å²) in [5.74, 6) is -0.905. The van der Waals surface area contributed by atoms with E-state index in [0.29, 0.717) is 16.1 Å². The van der Waals surface area contributed by atoms with Crippen LogP contribution in [0, 0.1) is 0 Å². The maximum absolute atomic E-state index is 13.8. The van der Waals surface area contributed by atoms with Gasteiger partial charge in [-0.2, -0.15) is 4.31 Å². The maximum Gasteiger partial charge on any atom is 0.247 e. The van der Waals surface area contributed by atoms with E-state index in [9.17, 15) is 18.0 Å². The van der Waals surface area contributed by atoms with E-state index in [4.69, 9.17) is 27.9 Å². The van der Waals surface area contributed by atoms with Gasteiger partial charge in [-0.1, -0.05) is 83.9 Å². The number of anilines is 1. The van der Waals surface area contributed by atoms with Gasteiger partial charge in [0.25, 0.3) is 0 Å². The number of amides is 1. The predicted molar refractivity (Wildman–Crippen MR) is 152 cm³/mol.